The molecule has 23 heavy (non-hydrogen) atoms. The van der Waals surface area contributed by atoms with Crippen molar-refractivity contribution in [3.05, 3.63) is 41.2 Å². The van der Waals surface area contributed by atoms with Crippen LogP contribution in [0.25, 0.3) is 0 Å². The quantitative estimate of drug-likeness (QED) is 0.372. The maximum Gasteiger partial charge on any atom is 0.310 e. The normalized spacial score (nSPS) is 10.6. The lowest BCUT2D eigenvalue weighted by atomic mass is 10.1. The third-order valence-corrected chi connectivity index (χ3v) is 4.70. The van der Waals surface area contributed by atoms with Gasteiger partial charge in [-0.3, -0.25) is 4.79 Å². The Hall–Kier alpha value is -1.73. The molecule has 0 bridgehead atoms. The van der Waals surface area contributed by atoms with Crippen molar-refractivity contribution < 1.29 is 9.53 Å². The van der Waals surface area contributed by atoms with E-state index >= 15 is 0 Å². The van der Waals surface area contributed by atoms with Crippen molar-refractivity contribution >= 4 is 35.2 Å². The van der Waals surface area contributed by atoms with Crippen LogP contribution in [0.4, 0.5) is 5.69 Å². The number of nitrogens with zero attached hydrogens (tertiary/aromatic N) is 2. The number of hydrogen-bond acceptors (Lipinski definition) is 7. The average Bonchev–Trinajstić information content (AvgIpc) is 2.57. The number of carbonyl (C=O) groups is 1. The van der Waals surface area contributed by atoms with Crippen LogP contribution in [0.15, 0.2) is 34.3 Å². The van der Waals surface area contributed by atoms with Gasteiger partial charge in [0.15, 0.2) is 0 Å². The molecule has 0 fully saturated rings. The first-order valence-electron chi connectivity index (χ1n) is 6.96. The predicted molar refractivity (Wildman–Crippen MR) is 95.0 cm³/mol. The smallest absolute Gasteiger partial charge is 0.310 e. The molecule has 2 aromatic rings. The molecule has 0 saturated heterocycles. The third-order valence-electron chi connectivity index (χ3n) is 3.25. The molecule has 0 amide bonds. The van der Waals surface area contributed by atoms with Crippen LogP contribution in [0, 0.1) is 0 Å². The molecule has 122 valence electrons. The second-order valence-corrected chi connectivity index (χ2v) is 6.40. The summed E-state index contributed by atoms with van der Waals surface area (Å²) in [5.41, 5.74) is 8.37. The number of methoxy groups -OCH3 is 1. The van der Waals surface area contributed by atoms with Gasteiger partial charge in [-0.2, -0.15) is 0 Å². The van der Waals surface area contributed by atoms with Gasteiger partial charge in [0.1, 0.15) is 15.9 Å². The molecule has 0 radical (unpaired) electrons. The predicted octanol–water partition coefficient (Wildman–Crippen LogP) is 2.81. The molecule has 7 heteroatoms. The Morgan fingerprint density at radius 3 is 2.17 bits per heavy atom. The fraction of sp³-hybridized carbons (Fsp3) is 0.312. The maximum absolute atomic E-state index is 11.6. The van der Waals surface area contributed by atoms with E-state index in [-0.39, 0.29) is 12.4 Å². The summed E-state index contributed by atoms with van der Waals surface area (Å²) in [4.78, 5) is 20.8. The first-order chi connectivity index (χ1) is 11.1. The number of thioether (sulfide) groups is 2. The van der Waals surface area contributed by atoms with Gasteiger partial charge in [0, 0.05) is 17.7 Å². The number of anilines is 1. The second kappa shape index (κ2) is 8.21. The van der Waals surface area contributed by atoms with Gasteiger partial charge in [-0.15, -0.1) is 23.5 Å². The van der Waals surface area contributed by atoms with E-state index in [1.165, 1.54) is 30.6 Å². The molecule has 0 aliphatic carbocycles. The fourth-order valence-electron chi connectivity index (χ4n) is 2.09. The minimum Gasteiger partial charge on any atom is -0.469 e. The van der Waals surface area contributed by atoms with Gasteiger partial charge in [-0.1, -0.05) is 12.1 Å². The minimum atomic E-state index is -0.287. The summed E-state index contributed by atoms with van der Waals surface area (Å²) in [5.74, 6) is 0.447. The van der Waals surface area contributed by atoms with Crippen LogP contribution in [-0.2, 0) is 22.4 Å². The van der Waals surface area contributed by atoms with E-state index in [1.54, 1.807) is 0 Å². The first kappa shape index (κ1) is 17.6. The van der Waals surface area contributed by atoms with Gasteiger partial charge in [0.2, 0.25) is 0 Å². The molecule has 5 nitrogen and oxygen atoms in total. The van der Waals surface area contributed by atoms with Crippen LogP contribution in [0.3, 0.4) is 0 Å². The molecule has 0 aliphatic heterocycles. The van der Waals surface area contributed by atoms with E-state index in [0.29, 0.717) is 6.42 Å². The van der Waals surface area contributed by atoms with E-state index in [2.05, 4.69) is 9.97 Å². The standard InChI is InChI=1S/C16H19N3O2S2/c1-21-14(20)9-12-15(22-2)18-13(19-16(12)23-3)8-10-4-6-11(17)7-5-10/h4-7H,8-9,17H2,1-3H3. The highest BCUT2D eigenvalue weighted by Crippen LogP contribution is 2.28. The minimum absolute atomic E-state index is 0.186. The third kappa shape index (κ3) is 4.62. The number of aromatic nitrogens is 2. The van der Waals surface area contributed by atoms with Crippen LogP contribution < -0.4 is 5.73 Å². The van der Waals surface area contributed by atoms with Crippen LogP contribution in [0.1, 0.15) is 17.0 Å². The molecule has 2 rings (SSSR count). The van der Waals surface area contributed by atoms with Crippen molar-refractivity contribution in [2.24, 2.45) is 0 Å². The van der Waals surface area contributed by atoms with Crippen molar-refractivity contribution in [1.82, 2.24) is 9.97 Å². The topological polar surface area (TPSA) is 78.1 Å². The van der Waals surface area contributed by atoms with Gasteiger partial charge in [-0.05, 0) is 30.2 Å². The van der Waals surface area contributed by atoms with Gasteiger partial charge < -0.3 is 10.5 Å². The van der Waals surface area contributed by atoms with Crippen molar-refractivity contribution in [2.75, 3.05) is 25.4 Å². The lowest BCUT2D eigenvalue weighted by molar-refractivity contribution is -0.139. The Morgan fingerprint density at radius 2 is 1.70 bits per heavy atom. The first-order valence-corrected chi connectivity index (χ1v) is 9.41. The van der Waals surface area contributed by atoms with Gasteiger partial charge >= 0.3 is 5.97 Å². The number of carbonyl (C=O) groups excluding carboxylic acids is 1. The Morgan fingerprint density at radius 1 is 1.13 bits per heavy atom. The Kier molecular flexibility index (Phi) is 6.29. The molecule has 2 N–H and O–H groups in total. The summed E-state index contributed by atoms with van der Waals surface area (Å²) in [6.07, 6.45) is 4.70. The molecule has 0 aliphatic rings. The summed E-state index contributed by atoms with van der Waals surface area (Å²) < 4.78 is 4.77. The number of rotatable bonds is 6. The van der Waals surface area contributed by atoms with E-state index in [4.69, 9.17) is 10.5 Å². The number of nitrogen functional groups attached to an aromatic ring is 1. The largest absolute Gasteiger partial charge is 0.469 e. The van der Waals surface area contributed by atoms with Crippen molar-refractivity contribution in [1.29, 1.82) is 0 Å². The van der Waals surface area contributed by atoms with Crippen LogP contribution in [0.5, 0.6) is 0 Å². The summed E-state index contributed by atoms with van der Waals surface area (Å²) in [5, 5.41) is 1.64. The monoisotopic (exact) mass is 349 g/mol. The van der Waals surface area contributed by atoms with E-state index in [1.807, 2.05) is 36.8 Å². The Bertz CT molecular complexity index is 665. The molecule has 1 heterocycles. The summed E-state index contributed by atoms with van der Waals surface area (Å²) in [6.45, 7) is 0. The van der Waals surface area contributed by atoms with Crippen molar-refractivity contribution in [3.8, 4) is 0 Å². The van der Waals surface area contributed by atoms with Crippen LogP contribution >= 0.6 is 23.5 Å². The zero-order chi connectivity index (χ0) is 16.8. The van der Waals surface area contributed by atoms with E-state index < -0.39 is 0 Å². The second-order valence-electron chi connectivity index (χ2n) is 4.81. The van der Waals surface area contributed by atoms with Crippen LogP contribution in [0.2, 0.25) is 0 Å². The molecule has 0 spiro atoms. The molecule has 0 atom stereocenters. The zero-order valence-electron chi connectivity index (χ0n) is 13.3. The molecule has 1 aromatic heterocycles. The zero-order valence-corrected chi connectivity index (χ0v) is 15.0. The molecular formula is C16H19N3O2S2. The molecular weight excluding hydrogens is 330 g/mol. The molecule has 1 aromatic carbocycles. The number of nitrogens with two attached hydrogens (primary N) is 1. The highest BCUT2D eigenvalue weighted by Gasteiger charge is 2.17. The molecule has 0 unspecified atom stereocenters. The summed E-state index contributed by atoms with van der Waals surface area (Å²) in [7, 11) is 1.39. The lowest BCUT2D eigenvalue weighted by Crippen LogP contribution is -2.11. The highest BCUT2D eigenvalue weighted by atomic mass is 32.2. The Labute approximate surface area is 144 Å². The Balaban J connectivity index is 2.34. The van der Waals surface area contributed by atoms with E-state index in [0.717, 1.165) is 32.7 Å². The SMILES string of the molecule is COC(=O)Cc1c(SC)nc(Cc2ccc(N)cc2)nc1SC. The number of hydrogen-bond donors (Lipinski definition) is 1. The number of ether oxygens (including phenoxy) is 1. The van der Waals surface area contributed by atoms with Gasteiger partial charge in [0.05, 0.1) is 13.5 Å². The van der Waals surface area contributed by atoms with Gasteiger partial charge in [0.25, 0.3) is 0 Å². The lowest BCUT2D eigenvalue weighted by Gasteiger charge is -2.12. The highest BCUT2D eigenvalue weighted by molar-refractivity contribution is 7.99. The number of esters is 1. The average molecular weight is 349 g/mol. The molecule has 0 saturated carbocycles. The summed E-state index contributed by atoms with van der Waals surface area (Å²) in [6, 6.07) is 7.68. The van der Waals surface area contributed by atoms with Crippen molar-refractivity contribution in [2.45, 2.75) is 22.9 Å². The number of benzene rings is 1. The fourth-order valence-corrected chi connectivity index (χ4v) is 3.38. The van der Waals surface area contributed by atoms with Crippen LogP contribution in [-0.4, -0.2) is 35.6 Å². The van der Waals surface area contributed by atoms with E-state index in [9.17, 15) is 4.79 Å². The summed E-state index contributed by atoms with van der Waals surface area (Å²) >= 11 is 3.02. The van der Waals surface area contributed by atoms with Crippen molar-refractivity contribution in [3.63, 3.8) is 0 Å². The maximum atomic E-state index is 11.6. The van der Waals surface area contributed by atoms with Gasteiger partial charge in [-0.25, -0.2) is 9.97 Å².